The number of nitrogens with zero attached hydrogens (tertiary/aromatic N) is 1. The first-order chi connectivity index (χ1) is 10.1. The average molecular weight is 353 g/mol. The Kier molecular flexibility index (Phi) is 4.94. The van der Waals surface area contributed by atoms with Crippen molar-refractivity contribution >= 4 is 33.6 Å². The molecular formula is C13H13BrN4O3. The molecule has 0 radical (unpaired) electrons. The lowest BCUT2D eigenvalue weighted by Crippen LogP contribution is -2.30. The number of aromatic amines is 1. The molecule has 0 saturated heterocycles. The first-order valence-corrected chi connectivity index (χ1v) is 6.90. The van der Waals surface area contributed by atoms with E-state index < -0.39 is 12.0 Å². The second-order valence-electron chi connectivity index (χ2n) is 4.21. The van der Waals surface area contributed by atoms with Gasteiger partial charge in [-0.3, -0.25) is 0 Å². The Morgan fingerprint density at radius 1 is 1.38 bits per heavy atom. The number of aromatic carboxylic acids is 1. The van der Waals surface area contributed by atoms with Crippen LogP contribution in [0.5, 0.6) is 0 Å². The molecule has 4 N–H and O–H groups in total. The maximum atomic E-state index is 11.8. The highest BCUT2D eigenvalue weighted by Crippen LogP contribution is 2.23. The van der Waals surface area contributed by atoms with Gasteiger partial charge in [-0.15, -0.1) is 0 Å². The van der Waals surface area contributed by atoms with E-state index in [1.807, 2.05) is 0 Å². The molecule has 0 aliphatic rings. The van der Waals surface area contributed by atoms with Crippen molar-refractivity contribution in [3.05, 3.63) is 46.5 Å². The van der Waals surface area contributed by atoms with Crippen LogP contribution in [0.3, 0.4) is 0 Å². The summed E-state index contributed by atoms with van der Waals surface area (Å²) in [5.41, 5.74) is 1.42. The Morgan fingerprint density at radius 2 is 2.19 bits per heavy atom. The maximum absolute atomic E-state index is 11.8. The van der Waals surface area contributed by atoms with Crippen molar-refractivity contribution in [1.82, 2.24) is 15.3 Å². The van der Waals surface area contributed by atoms with Crippen LogP contribution in [-0.4, -0.2) is 33.6 Å². The Hall–Kier alpha value is -2.35. The smallest absolute Gasteiger partial charge is 0.335 e. The number of halogens is 1. The lowest BCUT2D eigenvalue weighted by atomic mass is 10.2. The van der Waals surface area contributed by atoms with E-state index in [0.29, 0.717) is 23.1 Å². The molecule has 1 aromatic heterocycles. The van der Waals surface area contributed by atoms with Gasteiger partial charge in [-0.2, -0.15) is 0 Å². The van der Waals surface area contributed by atoms with Crippen LogP contribution in [0.2, 0.25) is 0 Å². The molecule has 0 saturated carbocycles. The molecule has 2 amide bonds. The number of benzene rings is 1. The molecule has 0 aliphatic heterocycles. The zero-order valence-electron chi connectivity index (χ0n) is 10.9. The normalized spacial score (nSPS) is 10.1. The lowest BCUT2D eigenvalue weighted by Gasteiger charge is -2.09. The zero-order chi connectivity index (χ0) is 15.2. The Bertz CT molecular complexity index is 643. The van der Waals surface area contributed by atoms with Crippen LogP contribution in [0.1, 0.15) is 16.1 Å². The number of nitrogens with one attached hydrogen (secondary N) is 3. The van der Waals surface area contributed by atoms with Crippen LogP contribution in [0.4, 0.5) is 10.5 Å². The molecule has 0 aliphatic carbocycles. The van der Waals surface area contributed by atoms with Crippen molar-refractivity contribution in [2.45, 2.75) is 6.42 Å². The largest absolute Gasteiger partial charge is 0.478 e. The number of hydrogen-bond donors (Lipinski definition) is 4. The van der Waals surface area contributed by atoms with Gasteiger partial charge in [0, 0.05) is 29.3 Å². The van der Waals surface area contributed by atoms with Crippen molar-refractivity contribution in [3.8, 4) is 0 Å². The maximum Gasteiger partial charge on any atom is 0.335 e. The minimum Gasteiger partial charge on any atom is -0.478 e. The molecule has 0 atom stereocenters. The van der Waals surface area contributed by atoms with Gasteiger partial charge in [-0.1, -0.05) is 0 Å². The number of anilines is 1. The standard InChI is InChI=1S/C13H13BrN4O3/c14-10-2-1-8(12(19)20)5-11(10)18-13(21)16-4-3-9-6-15-7-17-9/h1-2,5-7H,3-4H2,(H,15,17)(H,19,20)(H2,16,18,21). The van der Waals surface area contributed by atoms with E-state index in [0.717, 1.165) is 5.69 Å². The molecular weight excluding hydrogens is 340 g/mol. The number of carboxylic acid groups (broad SMARTS) is 1. The third kappa shape index (κ3) is 4.32. The molecule has 1 heterocycles. The van der Waals surface area contributed by atoms with Crippen molar-refractivity contribution < 1.29 is 14.7 Å². The van der Waals surface area contributed by atoms with E-state index in [2.05, 4.69) is 36.5 Å². The van der Waals surface area contributed by atoms with Crippen LogP contribution in [0.15, 0.2) is 35.2 Å². The van der Waals surface area contributed by atoms with Gasteiger partial charge in [0.15, 0.2) is 0 Å². The van der Waals surface area contributed by atoms with E-state index >= 15 is 0 Å². The van der Waals surface area contributed by atoms with Gasteiger partial charge in [0.05, 0.1) is 17.6 Å². The molecule has 110 valence electrons. The second kappa shape index (κ2) is 6.89. The highest BCUT2D eigenvalue weighted by molar-refractivity contribution is 9.10. The highest BCUT2D eigenvalue weighted by Gasteiger charge is 2.09. The molecule has 0 unspecified atom stereocenters. The summed E-state index contributed by atoms with van der Waals surface area (Å²) in [5, 5.41) is 14.2. The van der Waals surface area contributed by atoms with Gasteiger partial charge in [-0.05, 0) is 34.1 Å². The number of amides is 2. The Morgan fingerprint density at radius 3 is 2.86 bits per heavy atom. The summed E-state index contributed by atoms with van der Waals surface area (Å²) in [6.45, 7) is 0.435. The number of carboxylic acids is 1. The Labute approximate surface area is 128 Å². The fourth-order valence-corrected chi connectivity index (χ4v) is 2.00. The zero-order valence-corrected chi connectivity index (χ0v) is 12.5. The quantitative estimate of drug-likeness (QED) is 0.661. The van der Waals surface area contributed by atoms with E-state index in [1.54, 1.807) is 18.6 Å². The van der Waals surface area contributed by atoms with E-state index in [-0.39, 0.29) is 5.56 Å². The van der Waals surface area contributed by atoms with Gasteiger partial charge < -0.3 is 20.7 Å². The number of urea groups is 1. The molecule has 21 heavy (non-hydrogen) atoms. The van der Waals surface area contributed by atoms with Crippen LogP contribution >= 0.6 is 15.9 Å². The molecule has 0 spiro atoms. The number of hydrogen-bond acceptors (Lipinski definition) is 3. The molecule has 0 fully saturated rings. The van der Waals surface area contributed by atoms with Gasteiger partial charge in [-0.25, -0.2) is 14.6 Å². The molecule has 0 bridgehead atoms. The van der Waals surface area contributed by atoms with Gasteiger partial charge in [0.2, 0.25) is 0 Å². The summed E-state index contributed by atoms with van der Waals surface area (Å²) in [4.78, 5) is 29.5. The molecule has 1 aromatic carbocycles. The summed E-state index contributed by atoms with van der Waals surface area (Å²) >= 11 is 3.26. The SMILES string of the molecule is O=C(NCCc1cnc[nH]1)Nc1cc(C(=O)O)ccc1Br. The predicted octanol–water partition coefficient (Wildman–Crippen LogP) is 2.23. The Balaban J connectivity index is 1.90. The number of carbonyl (C=O) groups excluding carboxylic acids is 1. The second-order valence-corrected chi connectivity index (χ2v) is 5.06. The van der Waals surface area contributed by atoms with Crippen LogP contribution in [-0.2, 0) is 6.42 Å². The van der Waals surface area contributed by atoms with Crippen LogP contribution in [0.25, 0.3) is 0 Å². The molecule has 2 aromatic rings. The van der Waals surface area contributed by atoms with Gasteiger partial charge in [0.25, 0.3) is 0 Å². The summed E-state index contributed by atoms with van der Waals surface area (Å²) in [6, 6.07) is 4.01. The third-order valence-electron chi connectivity index (χ3n) is 2.70. The summed E-state index contributed by atoms with van der Waals surface area (Å²) in [5.74, 6) is -1.05. The number of imidazole rings is 1. The van der Waals surface area contributed by atoms with E-state index in [1.165, 1.54) is 12.1 Å². The van der Waals surface area contributed by atoms with Crippen LogP contribution < -0.4 is 10.6 Å². The average Bonchev–Trinajstić information content (AvgIpc) is 2.94. The molecule has 2 rings (SSSR count). The minimum absolute atomic E-state index is 0.103. The number of carbonyl (C=O) groups is 2. The predicted molar refractivity (Wildman–Crippen MR) is 80.4 cm³/mol. The first kappa shape index (κ1) is 15.0. The van der Waals surface area contributed by atoms with Gasteiger partial charge in [0.1, 0.15) is 0 Å². The monoisotopic (exact) mass is 352 g/mol. The van der Waals surface area contributed by atoms with Crippen molar-refractivity contribution in [3.63, 3.8) is 0 Å². The highest BCUT2D eigenvalue weighted by atomic mass is 79.9. The lowest BCUT2D eigenvalue weighted by molar-refractivity contribution is 0.0697. The van der Waals surface area contributed by atoms with E-state index in [9.17, 15) is 9.59 Å². The number of rotatable bonds is 5. The topological polar surface area (TPSA) is 107 Å². The summed E-state index contributed by atoms with van der Waals surface area (Å²) in [7, 11) is 0. The first-order valence-electron chi connectivity index (χ1n) is 6.11. The van der Waals surface area contributed by atoms with Crippen molar-refractivity contribution in [1.29, 1.82) is 0 Å². The number of H-pyrrole nitrogens is 1. The molecule has 8 heteroatoms. The van der Waals surface area contributed by atoms with Crippen molar-refractivity contribution in [2.75, 3.05) is 11.9 Å². The minimum atomic E-state index is -1.05. The third-order valence-corrected chi connectivity index (χ3v) is 3.39. The van der Waals surface area contributed by atoms with E-state index in [4.69, 9.17) is 5.11 Å². The van der Waals surface area contributed by atoms with Crippen molar-refractivity contribution in [2.24, 2.45) is 0 Å². The fourth-order valence-electron chi connectivity index (χ4n) is 1.65. The summed E-state index contributed by atoms with van der Waals surface area (Å²) < 4.78 is 0.608. The summed E-state index contributed by atoms with van der Waals surface area (Å²) in [6.07, 6.45) is 3.89. The number of aromatic nitrogens is 2. The molecule has 7 nitrogen and oxygen atoms in total. The fraction of sp³-hybridized carbons (Fsp3) is 0.154. The van der Waals surface area contributed by atoms with Crippen LogP contribution in [0, 0.1) is 0 Å². The van der Waals surface area contributed by atoms with Gasteiger partial charge >= 0.3 is 12.0 Å².